The van der Waals surface area contributed by atoms with Crippen LogP contribution in [-0.2, 0) is 0 Å². The summed E-state index contributed by atoms with van der Waals surface area (Å²) in [5.74, 6) is -0.300. The number of hydrogen-bond donors (Lipinski definition) is 2. The SMILES string of the molecule is Nc1nc(Nc2cccc(Cl)c2F)nc(-n2cccn2)n1. The van der Waals surface area contributed by atoms with E-state index in [0.29, 0.717) is 0 Å². The second kappa shape index (κ2) is 5.33. The van der Waals surface area contributed by atoms with Crippen molar-refractivity contribution in [2.75, 3.05) is 11.1 Å². The molecule has 21 heavy (non-hydrogen) atoms. The van der Waals surface area contributed by atoms with Crippen molar-refractivity contribution in [1.29, 1.82) is 0 Å². The van der Waals surface area contributed by atoms with Crippen LogP contribution in [0.3, 0.4) is 0 Å². The van der Waals surface area contributed by atoms with Crippen LogP contribution < -0.4 is 11.1 Å². The van der Waals surface area contributed by atoms with Gasteiger partial charge in [0.05, 0.1) is 10.7 Å². The highest BCUT2D eigenvalue weighted by Gasteiger charge is 2.10. The third kappa shape index (κ3) is 2.75. The molecule has 7 nitrogen and oxygen atoms in total. The van der Waals surface area contributed by atoms with Crippen LogP contribution in [0.2, 0.25) is 5.02 Å². The Morgan fingerprint density at radius 3 is 2.81 bits per heavy atom. The summed E-state index contributed by atoms with van der Waals surface area (Å²) in [6, 6.07) is 6.27. The van der Waals surface area contributed by atoms with Crippen molar-refractivity contribution in [2.45, 2.75) is 0 Å². The highest BCUT2D eigenvalue weighted by Crippen LogP contribution is 2.24. The highest BCUT2D eigenvalue weighted by atomic mass is 35.5. The lowest BCUT2D eigenvalue weighted by atomic mass is 10.3. The maximum atomic E-state index is 13.8. The van der Waals surface area contributed by atoms with Gasteiger partial charge in [-0.2, -0.15) is 20.1 Å². The van der Waals surface area contributed by atoms with Gasteiger partial charge in [0.15, 0.2) is 5.82 Å². The van der Waals surface area contributed by atoms with Gasteiger partial charge in [-0.25, -0.2) is 9.07 Å². The summed E-state index contributed by atoms with van der Waals surface area (Å²) in [5, 5.41) is 6.70. The van der Waals surface area contributed by atoms with Crippen molar-refractivity contribution in [3.63, 3.8) is 0 Å². The van der Waals surface area contributed by atoms with Gasteiger partial charge in [-0.05, 0) is 18.2 Å². The predicted octanol–water partition coefficient (Wildman–Crippen LogP) is 2.18. The highest BCUT2D eigenvalue weighted by molar-refractivity contribution is 6.31. The molecule has 106 valence electrons. The lowest BCUT2D eigenvalue weighted by Crippen LogP contribution is -2.10. The zero-order valence-electron chi connectivity index (χ0n) is 10.5. The Morgan fingerprint density at radius 1 is 1.19 bits per heavy atom. The molecule has 2 aromatic heterocycles. The minimum atomic E-state index is -0.598. The zero-order valence-corrected chi connectivity index (χ0v) is 11.3. The molecule has 0 fully saturated rings. The van der Waals surface area contributed by atoms with Gasteiger partial charge in [-0.1, -0.05) is 17.7 Å². The Balaban J connectivity index is 1.98. The summed E-state index contributed by atoms with van der Waals surface area (Å²) in [5.41, 5.74) is 5.76. The third-order valence-corrected chi connectivity index (χ3v) is 2.84. The first-order valence-corrected chi connectivity index (χ1v) is 6.24. The smallest absolute Gasteiger partial charge is 0.257 e. The lowest BCUT2D eigenvalue weighted by molar-refractivity contribution is 0.632. The number of benzene rings is 1. The van der Waals surface area contributed by atoms with E-state index >= 15 is 0 Å². The number of nitrogens with one attached hydrogen (secondary N) is 1. The molecule has 2 heterocycles. The van der Waals surface area contributed by atoms with Crippen molar-refractivity contribution >= 4 is 29.2 Å². The molecule has 3 N–H and O–H groups in total. The average molecular weight is 306 g/mol. The molecule has 0 spiro atoms. The second-order valence-corrected chi connectivity index (χ2v) is 4.40. The second-order valence-electron chi connectivity index (χ2n) is 3.99. The van der Waals surface area contributed by atoms with Crippen molar-refractivity contribution in [3.05, 3.63) is 47.5 Å². The molecule has 0 aliphatic rings. The maximum Gasteiger partial charge on any atom is 0.257 e. The Kier molecular flexibility index (Phi) is 3.36. The fourth-order valence-electron chi connectivity index (χ4n) is 1.65. The van der Waals surface area contributed by atoms with Gasteiger partial charge in [0.1, 0.15) is 0 Å². The molecule has 9 heteroatoms. The zero-order chi connectivity index (χ0) is 14.8. The van der Waals surface area contributed by atoms with Gasteiger partial charge in [-0.15, -0.1) is 0 Å². The summed E-state index contributed by atoms with van der Waals surface area (Å²) in [6.07, 6.45) is 3.22. The van der Waals surface area contributed by atoms with Crippen LogP contribution in [0.1, 0.15) is 0 Å². The van der Waals surface area contributed by atoms with Gasteiger partial charge in [0.25, 0.3) is 5.95 Å². The summed E-state index contributed by atoms with van der Waals surface area (Å²) >= 11 is 5.72. The van der Waals surface area contributed by atoms with Crippen LogP contribution in [0.15, 0.2) is 36.7 Å². The van der Waals surface area contributed by atoms with E-state index in [-0.39, 0.29) is 28.6 Å². The Bertz CT molecular complexity index is 775. The number of halogens is 2. The van der Waals surface area contributed by atoms with Gasteiger partial charge in [0, 0.05) is 12.4 Å². The molecule has 0 radical (unpaired) electrons. The van der Waals surface area contributed by atoms with E-state index in [1.807, 2.05) is 0 Å². The number of anilines is 3. The monoisotopic (exact) mass is 305 g/mol. The predicted molar refractivity (Wildman–Crippen MR) is 76.1 cm³/mol. The molecule has 3 aromatic rings. The van der Waals surface area contributed by atoms with Gasteiger partial charge < -0.3 is 11.1 Å². The number of nitrogens with zero attached hydrogens (tertiary/aromatic N) is 5. The largest absolute Gasteiger partial charge is 0.368 e. The van der Waals surface area contributed by atoms with E-state index in [4.69, 9.17) is 17.3 Å². The van der Waals surface area contributed by atoms with E-state index in [0.717, 1.165) is 0 Å². The topological polar surface area (TPSA) is 94.5 Å². The van der Waals surface area contributed by atoms with E-state index in [1.54, 1.807) is 24.5 Å². The molecule has 1 aromatic carbocycles. The molecule has 0 unspecified atom stereocenters. The fourth-order valence-corrected chi connectivity index (χ4v) is 1.82. The van der Waals surface area contributed by atoms with Crippen LogP contribution in [0, 0.1) is 5.82 Å². The number of nitrogens with two attached hydrogens (primary N) is 1. The van der Waals surface area contributed by atoms with Crippen LogP contribution in [0.25, 0.3) is 5.95 Å². The van der Waals surface area contributed by atoms with E-state index in [9.17, 15) is 4.39 Å². The van der Waals surface area contributed by atoms with Crippen LogP contribution >= 0.6 is 11.6 Å². The summed E-state index contributed by atoms with van der Waals surface area (Å²) in [4.78, 5) is 12.0. The first-order chi connectivity index (χ1) is 10.1. The number of aromatic nitrogens is 5. The summed E-state index contributed by atoms with van der Waals surface area (Å²) in [6.45, 7) is 0. The Labute approximate surface area is 123 Å². The summed E-state index contributed by atoms with van der Waals surface area (Å²) in [7, 11) is 0. The number of nitrogen functional groups attached to an aromatic ring is 1. The van der Waals surface area contributed by atoms with Crippen molar-refractivity contribution in [3.8, 4) is 5.95 Å². The quantitative estimate of drug-likeness (QED) is 0.770. The molecule has 0 saturated carbocycles. The van der Waals surface area contributed by atoms with Crippen molar-refractivity contribution < 1.29 is 4.39 Å². The summed E-state index contributed by atoms with van der Waals surface area (Å²) < 4.78 is 15.3. The first kappa shape index (κ1) is 13.3. The molecule has 0 bridgehead atoms. The molecular weight excluding hydrogens is 297 g/mol. The molecule has 0 saturated heterocycles. The van der Waals surface area contributed by atoms with E-state index in [2.05, 4.69) is 25.4 Å². The molecule has 0 aliphatic heterocycles. The van der Waals surface area contributed by atoms with E-state index in [1.165, 1.54) is 16.8 Å². The molecule has 0 aliphatic carbocycles. The standard InChI is InChI=1S/C12H9ClFN7/c13-7-3-1-4-8(9(7)14)17-11-18-10(15)19-12(20-11)21-6-2-5-16-21/h1-6H,(H3,15,17,18,19,20). The number of rotatable bonds is 3. The minimum absolute atomic E-state index is 0.00525. The molecule has 3 rings (SSSR count). The van der Waals surface area contributed by atoms with Crippen LogP contribution in [-0.4, -0.2) is 24.7 Å². The Morgan fingerprint density at radius 2 is 2.05 bits per heavy atom. The van der Waals surface area contributed by atoms with Crippen LogP contribution in [0.4, 0.5) is 22.0 Å². The van der Waals surface area contributed by atoms with Crippen molar-refractivity contribution in [2.24, 2.45) is 0 Å². The molecular formula is C12H9ClFN7. The first-order valence-electron chi connectivity index (χ1n) is 5.86. The number of hydrogen-bond acceptors (Lipinski definition) is 6. The van der Waals surface area contributed by atoms with Crippen molar-refractivity contribution in [1.82, 2.24) is 24.7 Å². The fraction of sp³-hybridized carbons (Fsp3) is 0. The average Bonchev–Trinajstić information content (AvgIpc) is 2.97. The normalized spacial score (nSPS) is 10.6. The maximum absolute atomic E-state index is 13.8. The third-order valence-electron chi connectivity index (χ3n) is 2.55. The van der Waals surface area contributed by atoms with Gasteiger partial charge >= 0.3 is 0 Å². The molecule has 0 amide bonds. The van der Waals surface area contributed by atoms with Crippen LogP contribution in [0.5, 0.6) is 0 Å². The van der Waals surface area contributed by atoms with Gasteiger partial charge in [0.2, 0.25) is 11.9 Å². The molecule has 0 atom stereocenters. The minimum Gasteiger partial charge on any atom is -0.368 e. The lowest BCUT2D eigenvalue weighted by Gasteiger charge is -2.08. The van der Waals surface area contributed by atoms with E-state index < -0.39 is 5.82 Å². The van der Waals surface area contributed by atoms with Gasteiger partial charge in [-0.3, -0.25) is 0 Å². The Hall–Kier alpha value is -2.74.